The molecular formula is C10H19N3O2. The normalized spacial score (nSPS) is 27.4. The molecule has 5 nitrogen and oxygen atoms in total. The molecule has 0 atom stereocenters. The second kappa shape index (κ2) is 5.58. The van der Waals surface area contributed by atoms with E-state index in [1.54, 1.807) is 0 Å². The van der Waals surface area contributed by atoms with E-state index in [1.165, 1.54) is 0 Å². The van der Waals surface area contributed by atoms with Crippen molar-refractivity contribution in [2.45, 2.75) is 32.6 Å². The Bertz CT molecular complexity index is 245. The number of amidine groups is 1. The van der Waals surface area contributed by atoms with Crippen molar-refractivity contribution in [1.29, 1.82) is 0 Å². The van der Waals surface area contributed by atoms with Crippen molar-refractivity contribution in [1.82, 2.24) is 5.32 Å². The van der Waals surface area contributed by atoms with Crippen molar-refractivity contribution in [3.05, 3.63) is 0 Å². The summed E-state index contributed by atoms with van der Waals surface area (Å²) in [7, 11) is 0. The first-order chi connectivity index (χ1) is 7.13. The number of carbonyl (C=O) groups excluding carboxylic acids is 1. The van der Waals surface area contributed by atoms with Gasteiger partial charge in [-0.3, -0.25) is 4.79 Å². The van der Waals surface area contributed by atoms with Gasteiger partial charge in [0.05, 0.1) is 6.54 Å². The third kappa shape index (κ3) is 3.77. The van der Waals surface area contributed by atoms with E-state index in [-0.39, 0.29) is 24.2 Å². The first-order valence-corrected chi connectivity index (χ1v) is 5.37. The Balaban J connectivity index is 2.28. The summed E-state index contributed by atoms with van der Waals surface area (Å²) in [5.74, 6) is 0.895. The fourth-order valence-corrected chi connectivity index (χ4v) is 1.88. The molecule has 1 fully saturated rings. The number of rotatable bonds is 3. The van der Waals surface area contributed by atoms with Gasteiger partial charge in [-0.1, -0.05) is 12.1 Å². The smallest absolute Gasteiger partial charge is 0.223 e. The van der Waals surface area contributed by atoms with E-state index in [2.05, 4.69) is 17.4 Å². The first kappa shape index (κ1) is 11.8. The summed E-state index contributed by atoms with van der Waals surface area (Å²) in [6.07, 6.45) is 4.12. The second-order valence-corrected chi connectivity index (χ2v) is 4.27. The van der Waals surface area contributed by atoms with E-state index in [9.17, 15) is 4.79 Å². The van der Waals surface area contributed by atoms with Gasteiger partial charge in [-0.25, -0.2) is 0 Å². The van der Waals surface area contributed by atoms with E-state index in [0.29, 0.717) is 0 Å². The van der Waals surface area contributed by atoms with Gasteiger partial charge in [-0.15, -0.1) is 0 Å². The molecule has 1 saturated carbocycles. The van der Waals surface area contributed by atoms with Crippen molar-refractivity contribution in [3.8, 4) is 0 Å². The third-order valence-corrected chi connectivity index (χ3v) is 2.96. The zero-order chi connectivity index (χ0) is 11.3. The van der Waals surface area contributed by atoms with Crippen molar-refractivity contribution in [2.24, 2.45) is 22.7 Å². The van der Waals surface area contributed by atoms with E-state index in [0.717, 1.165) is 31.6 Å². The quantitative estimate of drug-likeness (QED) is 0.279. The molecule has 1 amide bonds. The molecule has 5 heteroatoms. The van der Waals surface area contributed by atoms with E-state index in [1.807, 2.05) is 0 Å². The molecule has 0 saturated heterocycles. The maximum atomic E-state index is 11.6. The highest BCUT2D eigenvalue weighted by Crippen LogP contribution is 2.28. The summed E-state index contributed by atoms with van der Waals surface area (Å²) >= 11 is 0. The predicted octanol–water partition coefficient (Wildman–Crippen LogP) is 0.675. The highest BCUT2D eigenvalue weighted by Gasteiger charge is 2.23. The topological polar surface area (TPSA) is 87.7 Å². The van der Waals surface area contributed by atoms with Gasteiger partial charge in [0.2, 0.25) is 5.91 Å². The van der Waals surface area contributed by atoms with E-state index >= 15 is 0 Å². The number of nitrogens with one attached hydrogen (secondary N) is 1. The maximum Gasteiger partial charge on any atom is 0.223 e. The van der Waals surface area contributed by atoms with E-state index in [4.69, 9.17) is 10.9 Å². The van der Waals surface area contributed by atoms with Gasteiger partial charge in [0, 0.05) is 5.92 Å². The van der Waals surface area contributed by atoms with Crippen LogP contribution in [0.25, 0.3) is 0 Å². The molecule has 0 radical (unpaired) electrons. The molecule has 0 heterocycles. The van der Waals surface area contributed by atoms with Crippen LogP contribution < -0.4 is 11.1 Å². The summed E-state index contributed by atoms with van der Waals surface area (Å²) in [5.41, 5.74) is 5.26. The number of hydrogen-bond donors (Lipinski definition) is 3. The number of hydrogen-bond acceptors (Lipinski definition) is 3. The van der Waals surface area contributed by atoms with Crippen LogP contribution in [0, 0.1) is 11.8 Å². The maximum absolute atomic E-state index is 11.6. The van der Waals surface area contributed by atoms with Crippen LogP contribution in [0.3, 0.4) is 0 Å². The minimum absolute atomic E-state index is 0.0218. The first-order valence-electron chi connectivity index (χ1n) is 5.37. The number of oxime groups is 1. The standard InChI is InChI=1S/C10H19N3O2/c1-7-2-4-8(5-3-7)10(14)12-6-9(11)13-15/h7-8,15H,2-6H2,1H3,(H2,11,13)(H,12,14). The highest BCUT2D eigenvalue weighted by atomic mass is 16.4. The lowest BCUT2D eigenvalue weighted by Gasteiger charge is -2.25. The van der Waals surface area contributed by atoms with Crippen LogP contribution in [0.4, 0.5) is 0 Å². The number of nitrogens with two attached hydrogens (primary N) is 1. The lowest BCUT2D eigenvalue weighted by Crippen LogP contribution is -2.38. The van der Waals surface area contributed by atoms with Gasteiger partial charge in [-0.2, -0.15) is 0 Å². The zero-order valence-corrected chi connectivity index (χ0v) is 9.07. The molecule has 0 aromatic carbocycles. The van der Waals surface area contributed by atoms with Crippen LogP contribution in [-0.4, -0.2) is 23.5 Å². The second-order valence-electron chi connectivity index (χ2n) is 4.27. The number of amides is 1. The Hall–Kier alpha value is -1.26. The SMILES string of the molecule is CC1CCC(C(=O)NCC(N)=NO)CC1. The van der Waals surface area contributed by atoms with Crippen LogP contribution in [-0.2, 0) is 4.79 Å². The molecular weight excluding hydrogens is 194 g/mol. The number of nitrogens with zero attached hydrogens (tertiary/aromatic N) is 1. The van der Waals surface area contributed by atoms with Gasteiger partial charge in [0.1, 0.15) is 0 Å². The Labute approximate surface area is 89.7 Å². The lowest BCUT2D eigenvalue weighted by atomic mass is 9.82. The van der Waals surface area contributed by atoms with Crippen molar-refractivity contribution < 1.29 is 10.0 Å². The average Bonchev–Trinajstić information content (AvgIpc) is 2.26. The van der Waals surface area contributed by atoms with Crippen LogP contribution in [0.1, 0.15) is 32.6 Å². The summed E-state index contributed by atoms with van der Waals surface area (Å²) in [6.45, 7) is 2.34. The highest BCUT2D eigenvalue weighted by molar-refractivity contribution is 5.87. The van der Waals surface area contributed by atoms with Crippen molar-refractivity contribution >= 4 is 11.7 Å². The summed E-state index contributed by atoms with van der Waals surface area (Å²) < 4.78 is 0. The van der Waals surface area contributed by atoms with Gasteiger partial charge in [-0.05, 0) is 31.6 Å². The Morgan fingerprint density at radius 1 is 1.47 bits per heavy atom. The molecule has 0 unspecified atom stereocenters. The Morgan fingerprint density at radius 3 is 2.60 bits per heavy atom. The van der Waals surface area contributed by atoms with Gasteiger partial charge in [0.15, 0.2) is 5.84 Å². The molecule has 4 N–H and O–H groups in total. The molecule has 0 aromatic rings. The van der Waals surface area contributed by atoms with Crippen LogP contribution in [0.5, 0.6) is 0 Å². The lowest BCUT2D eigenvalue weighted by molar-refractivity contribution is -0.125. The number of carbonyl (C=O) groups is 1. The van der Waals surface area contributed by atoms with Crippen LogP contribution in [0.2, 0.25) is 0 Å². The Morgan fingerprint density at radius 2 is 2.07 bits per heavy atom. The average molecular weight is 213 g/mol. The molecule has 1 rings (SSSR count). The van der Waals surface area contributed by atoms with Crippen LogP contribution in [0.15, 0.2) is 5.16 Å². The molecule has 0 aliphatic heterocycles. The van der Waals surface area contributed by atoms with Gasteiger partial charge >= 0.3 is 0 Å². The van der Waals surface area contributed by atoms with E-state index < -0.39 is 0 Å². The fourth-order valence-electron chi connectivity index (χ4n) is 1.88. The van der Waals surface area contributed by atoms with Gasteiger partial charge < -0.3 is 16.3 Å². The minimum atomic E-state index is 0.0218. The summed E-state index contributed by atoms with van der Waals surface area (Å²) in [4.78, 5) is 11.6. The summed E-state index contributed by atoms with van der Waals surface area (Å²) in [5, 5.41) is 13.8. The molecule has 0 bridgehead atoms. The summed E-state index contributed by atoms with van der Waals surface area (Å²) in [6, 6.07) is 0. The predicted molar refractivity (Wildman–Crippen MR) is 57.5 cm³/mol. The molecule has 1 aliphatic carbocycles. The monoisotopic (exact) mass is 213 g/mol. The van der Waals surface area contributed by atoms with Gasteiger partial charge in [0.25, 0.3) is 0 Å². The minimum Gasteiger partial charge on any atom is -0.409 e. The molecule has 0 aromatic heterocycles. The third-order valence-electron chi connectivity index (χ3n) is 2.96. The zero-order valence-electron chi connectivity index (χ0n) is 9.07. The van der Waals surface area contributed by atoms with Crippen LogP contribution >= 0.6 is 0 Å². The molecule has 86 valence electrons. The fraction of sp³-hybridized carbons (Fsp3) is 0.800. The molecule has 0 spiro atoms. The van der Waals surface area contributed by atoms with Crippen molar-refractivity contribution in [3.63, 3.8) is 0 Å². The van der Waals surface area contributed by atoms with Crippen molar-refractivity contribution in [2.75, 3.05) is 6.54 Å². The molecule has 1 aliphatic rings. The largest absolute Gasteiger partial charge is 0.409 e. The Kier molecular flexibility index (Phi) is 4.39. The molecule has 15 heavy (non-hydrogen) atoms.